The highest BCUT2D eigenvalue weighted by molar-refractivity contribution is 8.00. The van der Waals surface area contributed by atoms with Gasteiger partial charge in [-0.1, -0.05) is 24.3 Å². The van der Waals surface area contributed by atoms with Crippen molar-refractivity contribution >= 4 is 17.7 Å². The van der Waals surface area contributed by atoms with E-state index in [0.717, 1.165) is 11.1 Å². The summed E-state index contributed by atoms with van der Waals surface area (Å²) in [6.45, 7) is 0.774. The van der Waals surface area contributed by atoms with Crippen LogP contribution in [0, 0.1) is 0 Å². The molecule has 0 aliphatic carbocycles. The van der Waals surface area contributed by atoms with E-state index in [1.165, 1.54) is 6.33 Å². The minimum absolute atomic E-state index is 0.195. The van der Waals surface area contributed by atoms with Crippen LogP contribution in [0.1, 0.15) is 11.1 Å². The molecule has 2 rings (SSSR count). The van der Waals surface area contributed by atoms with Crippen molar-refractivity contribution in [3.05, 3.63) is 48.0 Å². The highest BCUT2D eigenvalue weighted by atomic mass is 32.2. The Hall–Kier alpha value is -2.03. The van der Waals surface area contributed by atoms with Crippen molar-refractivity contribution in [2.75, 3.05) is 5.75 Å². The van der Waals surface area contributed by atoms with Gasteiger partial charge in [-0.15, -0.1) is 0 Å². The van der Waals surface area contributed by atoms with Crippen molar-refractivity contribution in [2.24, 2.45) is 0 Å². The van der Waals surface area contributed by atoms with E-state index in [-0.39, 0.29) is 18.3 Å². The van der Waals surface area contributed by atoms with E-state index in [9.17, 15) is 18.0 Å². The van der Waals surface area contributed by atoms with E-state index in [0.29, 0.717) is 6.54 Å². The third-order valence-corrected chi connectivity index (χ3v) is 3.42. The number of rotatable bonds is 6. The van der Waals surface area contributed by atoms with Crippen molar-refractivity contribution in [1.29, 1.82) is 0 Å². The van der Waals surface area contributed by atoms with Crippen LogP contribution in [0.25, 0.3) is 0 Å². The van der Waals surface area contributed by atoms with Crippen LogP contribution >= 0.6 is 11.8 Å². The molecule has 0 atom stereocenters. The molecule has 9 heteroatoms. The quantitative estimate of drug-likeness (QED) is 0.882. The van der Waals surface area contributed by atoms with Gasteiger partial charge in [0.2, 0.25) is 5.91 Å². The first-order chi connectivity index (χ1) is 10.4. The van der Waals surface area contributed by atoms with Gasteiger partial charge in [0.15, 0.2) is 0 Å². The number of halogens is 3. The minimum Gasteiger partial charge on any atom is -0.351 e. The SMILES string of the molecule is O=C(CSC(F)(F)F)NCc1ccc(Cn2cncn2)cc1. The summed E-state index contributed by atoms with van der Waals surface area (Å²) in [5.74, 6) is -1.28. The maximum absolute atomic E-state index is 12.0. The van der Waals surface area contributed by atoms with Crippen molar-refractivity contribution in [3.8, 4) is 0 Å². The summed E-state index contributed by atoms with van der Waals surface area (Å²) < 4.78 is 37.5. The van der Waals surface area contributed by atoms with Gasteiger partial charge >= 0.3 is 5.51 Å². The van der Waals surface area contributed by atoms with Gasteiger partial charge in [-0.2, -0.15) is 18.3 Å². The third-order valence-electron chi connectivity index (χ3n) is 2.69. The summed E-state index contributed by atoms with van der Waals surface area (Å²) in [6.07, 6.45) is 3.05. The normalized spacial score (nSPS) is 11.4. The third kappa shape index (κ3) is 5.76. The fraction of sp³-hybridized carbons (Fsp3) is 0.308. The second-order valence-electron chi connectivity index (χ2n) is 4.42. The molecule has 0 bridgehead atoms. The molecule has 0 radical (unpaired) electrons. The number of thioether (sulfide) groups is 1. The summed E-state index contributed by atoms with van der Waals surface area (Å²) in [5.41, 5.74) is -2.57. The number of carbonyl (C=O) groups excluding carboxylic acids is 1. The molecule has 1 aromatic carbocycles. The summed E-state index contributed by atoms with van der Waals surface area (Å²) >= 11 is -0.346. The summed E-state index contributed by atoms with van der Waals surface area (Å²) in [6, 6.07) is 7.36. The lowest BCUT2D eigenvalue weighted by atomic mass is 10.1. The number of nitrogens with one attached hydrogen (secondary N) is 1. The maximum Gasteiger partial charge on any atom is 0.442 e. The standard InChI is InChI=1S/C13H13F3N4OS/c14-13(15,16)22-7-12(21)18-5-10-1-3-11(4-2-10)6-20-9-17-8-19-20/h1-4,8-9H,5-7H2,(H,18,21). The lowest BCUT2D eigenvalue weighted by Gasteiger charge is -2.08. The predicted octanol–water partition coefficient (Wildman–Crippen LogP) is 2.20. The molecule has 0 unspecified atom stereocenters. The molecule has 1 amide bonds. The molecule has 0 aliphatic heterocycles. The first-order valence-electron chi connectivity index (χ1n) is 6.30. The number of nitrogens with zero attached hydrogens (tertiary/aromatic N) is 3. The molecule has 22 heavy (non-hydrogen) atoms. The van der Waals surface area contributed by atoms with Gasteiger partial charge in [0.1, 0.15) is 12.7 Å². The smallest absolute Gasteiger partial charge is 0.351 e. The van der Waals surface area contributed by atoms with Crippen LogP contribution in [0.5, 0.6) is 0 Å². The topological polar surface area (TPSA) is 59.8 Å². The molecular formula is C13H13F3N4OS. The number of benzene rings is 1. The van der Waals surface area contributed by atoms with Gasteiger partial charge in [-0.25, -0.2) is 9.67 Å². The first-order valence-corrected chi connectivity index (χ1v) is 7.28. The van der Waals surface area contributed by atoms with Gasteiger partial charge in [0.25, 0.3) is 0 Å². The average Bonchev–Trinajstić information content (AvgIpc) is 2.96. The number of hydrogen-bond donors (Lipinski definition) is 1. The van der Waals surface area contributed by atoms with E-state index in [2.05, 4.69) is 15.4 Å². The highest BCUT2D eigenvalue weighted by Crippen LogP contribution is 2.29. The minimum atomic E-state index is -4.39. The van der Waals surface area contributed by atoms with Crippen LogP contribution in [-0.4, -0.2) is 31.9 Å². The Morgan fingerprint density at radius 1 is 1.23 bits per heavy atom. The van der Waals surface area contributed by atoms with Gasteiger partial charge in [-0.3, -0.25) is 4.79 Å². The van der Waals surface area contributed by atoms with E-state index >= 15 is 0 Å². The zero-order valence-corrected chi connectivity index (χ0v) is 12.2. The summed E-state index contributed by atoms with van der Waals surface area (Å²) in [7, 11) is 0. The molecule has 0 fully saturated rings. The molecule has 1 heterocycles. The zero-order chi connectivity index (χ0) is 16.0. The molecule has 1 aromatic heterocycles. The average molecular weight is 330 g/mol. The van der Waals surface area contributed by atoms with Gasteiger partial charge in [-0.05, 0) is 22.9 Å². The largest absolute Gasteiger partial charge is 0.442 e. The second-order valence-corrected chi connectivity index (χ2v) is 5.46. The van der Waals surface area contributed by atoms with E-state index in [1.54, 1.807) is 11.0 Å². The number of carbonyl (C=O) groups is 1. The Morgan fingerprint density at radius 3 is 2.50 bits per heavy atom. The summed E-state index contributed by atoms with van der Waals surface area (Å²) in [5, 5.41) is 6.44. The van der Waals surface area contributed by atoms with Crippen LogP contribution in [0.3, 0.4) is 0 Å². The van der Waals surface area contributed by atoms with Gasteiger partial charge in [0, 0.05) is 6.54 Å². The molecule has 2 aromatic rings. The fourth-order valence-electron chi connectivity index (χ4n) is 1.66. The van der Waals surface area contributed by atoms with E-state index < -0.39 is 17.2 Å². The van der Waals surface area contributed by atoms with Crippen LogP contribution in [0.4, 0.5) is 13.2 Å². The van der Waals surface area contributed by atoms with Crippen molar-refractivity contribution in [1.82, 2.24) is 20.1 Å². The van der Waals surface area contributed by atoms with E-state index in [4.69, 9.17) is 0 Å². The Bertz CT molecular complexity index is 599. The fourth-order valence-corrected chi connectivity index (χ4v) is 2.06. The molecule has 0 saturated heterocycles. The number of aromatic nitrogens is 3. The molecular weight excluding hydrogens is 317 g/mol. The maximum atomic E-state index is 12.0. The molecule has 118 valence electrons. The monoisotopic (exact) mass is 330 g/mol. The lowest BCUT2D eigenvalue weighted by molar-refractivity contribution is -0.119. The van der Waals surface area contributed by atoms with Crippen LogP contribution in [0.2, 0.25) is 0 Å². The Balaban J connectivity index is 1.78. The van der Waals surface area contributed by atoms with E-state index in [1.807, 2.05) is 24.3 Å². The number of hydrogen-bond acceptors (Lipinski definition) is 4. The predicted molar refractivity (Wildman–Crippen MR) is 75.9 cm³/mol. The van der Waals surface area contributed by atoms with Crippen LogP contribution in [0.15, 0.2) is 36.9 Å². The van der Waals surface area contributed by atoms with Crippen molar-refractivity contribution < 1.29 is 18.0 Å². The number of amides is 1. The van der Waals surface area contributed by atoms with Crippen molar-refractivity contribution in [3.63, 3.8) is 0 Å². The molecule has 0 aliphatic rings. The van der Waals surface area contributed by atoms with Gasteiger partial charge < -0.3 is 5.32 Å². The highest BCUT2D eigenvalue weighted by Gasteiger charge is 2.29. The Labute approximate surface area is 128 Å². The summed E-state index contributed by atoms with van der Waals surface area (Å²) in [4.78, 5) is 15.1. The Kier molecular flexibility index (Phi) is 5.42. The van der Waals surface area contributed by atoms with Crippen LogP contribution in [-0.2, 0) is 17.9 Å². The Morgan fingerprint density at radius 2 is 1.91 bits per heavy atom. The first kappa shape index (κ1) is 16.3. The number of alkyl halides is 3. The van der Waals surface area contributed by atoms with Crippen LogP contribution < -0.4 is 5.32 Å². The van der Waals surface area contributed by atoms with Crippen molar-refractivity contribution in [2.45, 2.75) is 18.6 Å². The lowest BCUT2D eigenvalue weighted by Crippen LogP contribution is -2.25. The zero-order valence-electron chi connectivity index (χ0n) is 11.4. The van der Waals surface area contributed by atoms with Gasteiger partial charge in [0.05, 0.1) is 12.3 Å². The molecule has 5 nitrogen and oxygen atoms in total. The molecule has 1 N–H and O–H groups in total. The second kappa shape index (κ2) is 7.30. The molecule has 0 saturated carbocycles. The molecule has 0 spiro atoms.